The predicted molar refractivity (Wildman–Crippen MR) is 75.9 cm³/mol. The summed E-state index contributed by atoms with van der Waals surface area (Å²) in [7, 11) is 0. The first-order valence-corrected chi connectivity index (χ1v) is 7.58. The predicted octanol–water partition coefficient (Wildman–Crippen LogP) is 1.81. The monoisotopic (exact) mass is 277 g/mol. The van der Waals surface area contributed by atoms with Crippen LogP contribution in [0.1, 0.15) is 37.9 Å². The molecule has 0 aliphatic carbocycles. The summed E-state index contributed by atoms with van der Waals surface area (Å²) in [5, 5.41) is 1.94. The molecule has 0 bridgehead atoms. The second-order valence-corrected chi connectivity index (χ2v) is 5.61. The van der Waals surface area contributed by atoms with Gasteiger partial charge in [0.15, 0.2) is 0 Å². The average molecular weight is 277 g/mol. The van der Waals surface area contributed by atoms with E-state index >= 15 is 0 Å². The van der Waals surface area contributed by atoms with Crippen LogP contribution in [0.5, 0.6) is 0 Å². The van der Waals surface area contributed by atoms with E-state index in [2.05, 4.69) is 29.8 Å². The van der Waals surface area contributed by atoms with Crippen molar-refractivity contribution < 1.29 is 9.63 Å². The fraction of sp³-hybridized carbons (Fsp3) is 0.667. The minimum absolute atomic E-state index is 0.175. The molecule has 1 atom stereocenters. The largest absolute Gasteiger partial charge is 0.348 e. The van der Waals surface area contributed by atoms with Crippen molar-refractivity contribution in [2.45, 2.75) is 38.8 Å². The number of hydrogen-bond acceptors (Lipinski definition) is 3. The smallest absolute Gasteiger partial charge is 0.224 e. The lowest BCUT2D eigenvalue weighted by Gasteiger charge is -2.35. The molecule has 3 rings (SSSR count). The van der Waals surface area contributed by atoms with Crippen molar-refractivity contribution in [2.24, 2.45) is 0 Å². The molecule has 20 heavy (non-hydrogen) atoms. The van der Waals surface area contributed by atoms with E-state index < -0.39 is 0 Å². The van der Waals surface area contributed by atoms with Gasteiger partial charge in [0.1, 0.15) is 0 Å². The van der Waals surface area contributed by atoms with Gasteiger partial charge in [-0.25, -0.2) is 0 Å². The van der Waals surface area contributed by atoms with Gasteiger partial charge >= 0.3 is 0 Å². The first-order chi connectivity index (χ1) is 9.75. The van der Waals surface area contributed by atoms with Crippen LogP contribution in [0.3, 0.4) is 0 Å². The zero-order valence-electron chi connectivity index (χ0n) is 12.1. The molecule has 5 heteroatoms. The van der Waals surface area contributed by atoms with E-state index in [0.717, 1.165) is 32.7 Å². The highest BCUT2D eigenvalue weighted by Crippen LogP contribution is 2.25. The fourth-order valence-electron chi connectivity index (χ4n) is 3.11. The molecule has 0 unspecified atom stereocenters. The summed E-state index contributed by atoms with van der Waals surface area (Å²) in [6.45, 7) is 6.28. The number of hydroxylamine groups is 2. The Hall–Kier alpha value is -1.33. The summed E-state index contributed by atoms with van der Waals surface area (Å²) in [5.74, 6) is 0.235. The van der Waals surface area contributed by atoms with Crippen LogP contribution in [0.2, 0.25) is 0 Å². The van der Waals surface area contributed by atoms with E-state index in [4.69, 9.17) is 4.84 Å². The lowest BCUT2D eigenvalue weighted by atomic mass is 10.1. The minimum Gasteiger partial charge on any atom is -0.348 e. The highest BCUT2D eigenvalue weighted by Gasteiger charge is 2.27. The molecular formula is C15H23N3O2. The summed E-state index contributed by atoms with van der Waals surface area (Å²) in [4.78, 5) is 20.0. The Labute approximate surface area is 120 Å². The lowest BCUT2D eigenvalue weighted by molar-refractivity contribution is -0.183. The normalized spacial score (nSPS) is 23.6. The maximum absolute atomic E-state index is 12.4. The molecule has 0 saturated carbocycles. The summed E-state index contributed by atoms with van der Waals surface area (Å²) >= 11 is 0. The number of carbonyl (C=O) groups is 1. The Morgan fingerprint density at radius 2 is 2.25 bits per heavy atom. The topological polar surface area (TPSA) is 37.7 Å². The van der Waals surface area contributed by atoms with Gasteiger partial charge in [-0.3, -0.25) is 9.63 Å². The van der Waals surface area contributed by atoms with Gasteiger partial charge < -0.3 is 9.47 Å². The van der Waals surface area contributed by atoms with Crippen molar-refractivity contribution >= 4 is 5.91 Å². The number of rotatable bonds is 3. The summed E-state index contributed by atoms with van der Waals surface area (Å²) in [6, 6.07) is 4.34. The van der Waals surface area contributed by atoms with Gasteiger partial charge in [-0.05, 0) is 31.9 Å². The van der Waals surface area contributed by atoms with E-state index in [9.17, 15) is 4.79 Å². The summed E-state index contributed by atoms with van der Waals surface area (Å²) in [5.41, 5.74) is 1.24. The van der Waals surface area contributed by atoms with Crippen molar-refractivity contribution in [1.82, 2.24) is 14.5 Å². The molecule has 2 aliphatic rings. The van der Waals surface area contributed by atoms with Gasteiger partial charge in [0.2, 0.25) is 5.91 Å². The fourth-order valence-corrected chi connectivity index (χ4v) is 3.11. The number of aromatic nitrogens is 1. The molecule has 0 radical (unpaired) electrons. The molecule has 1 amide bonds. The van der Waals surface area contributed by atoms with E-state index in [0.29, 0.717) is 13.0 Å². The van der Waals surface area contributed by atoms with Crippen LogP contribution in [0, 0.1) is 0 Å². The summed E-state index contributed by atoms with van der Waals surface area (Å²) in [6.07, 6.45) is 4.94. The molecule has 1 fully saturated rings. The highest BCUT2D eigenvalue weighted by molar-refractivity contribution is 5.77. The molecule has 5 nitrogen and oxygen atoms in total. The Morgan fingerprint density at radius 3 is 3.05 bits per heavy atom. The van der Waals surface area contributed by atoms with E-state index in [1.807, 2.05) is 9.96 Å². The molecule has 1 aromatic rings. The van der Waals surface area contributed by atoms with Crippen molar-refractivity contribution in [3.8, 4) is 0 Å². The van der Waals surface area contributed by atoms with E-state index in [1.54, 1.807) is 0 Å². The third-order valence-corrected chi connectivity index (χ3v) is 4.31. The van der Waals surface area contributed by atoms with Gasteiger partial charge in [-0.15, -0.1) is 0 Å². The minimum atomic E-state index is 0.175. The maximum Gasteiger partial charge on any atom is 0.224 e. The van der Waals surface area contributed by atoms with E-state index in [-0.39, 0.29) is 11.9 Å². The molecule has 0 spiro atoms. The average Bonchev–Trinajstić information content (AvgIpc) is 2.96. The molecule has 2 aliphatic heterocycles. The number of nitrogens with zero attached hydrogens (tertiary/aromatic N) is 3. The number of hydrogen-bond donors (Lipinski definition) is 0. The molecule has 3 heterocycles. The van der Waals surface area contributed by atoms with Crippen molar-refractivity contribution in [1.29, 1.82) is 0 Å². The van der Waals surface area contributed by atoms with Crippen molar-refractivity contribution in [3.05, 3.63) is 24.0 Å². The standard InChI is InChI=1S/C15H23N3O2/c1-13-14-5-4-7-16(14)10-11-18(13)15(19)6-9-17-8-2-3-12-20-17/h4-5,7,13H,2-3,6,8-12H2,1H3/t13-/m1/s1. The Kier molecular flexibility index (Phi) is 4.08. The molecule has 0 aromatic carbocycles. The first kappa shape index (κ1) is 13.6. The first-order valence-electron chi connectivity index (χ1n) is 7.58. The Morgan fingerprint density at radius 1 is 1.35 bits per heavy atom. The molecule has 1 saturated heterocycles. The van der Waals surface area contributed by atoms with Crippen LogP contribution in [-0.4, -0.2) is 46.7 Å². The molecule has 0 N–H and O–H groups in total. The lowest BCUT2D eigenvalue weighted by Crippen LogP contribution is -2.42. The van der Waals surface area contributed by atoms with Crippen molar-refractivity contribution in [3.63, 3.8) is 0 Å². The third kappa shape index (κ3) is 2.74. The van der Waals surface area contributed by atoms with Crippen LogP contribution in [0.4, 0.5) is 0 Å². The quantitative estimate of drug-likeness (QED) is 0.845. The summed E-state index contributed by atoms with van der Waals surface area (Å²) < 4.78 is 2.24. The van der Waals surface area contributed by atoms with Crippen LogP contribution >= 0.6 is 0 Å². The van der Waals surface area contributed by atoms with Crippen molar-refractivity contribution in [2.75, 3.05) is 26.2 Å². The SMILES string of the molecule is C[C@@H]1c2cccn2CCN1C(=O)CCN1CCCCO1. The Balaban J connectivity index is 1.55. The third-order valence-electron chi connectivity index (χ3n) is 4.31. The second kappa shape index (κ2) is 5.97. The number of fused-ring (bicyclic) bond motifs is 1. The zero-order valence-corrected chi connectivity index (χ0v) is 12.1. The van der Waals surface area contributed by atoms with Gasteiger partial charge in [-0.1, -0.05) is 0 Å². The zero-order chi connectivity index (χ0) is 13.9. The van der Waals surface area contributed by atoms with Gasteiger partial charge in [0, 0.05) is 44.5 Å². The molecule has 110 valence electrons. The van der Waals surface area contributed by atoms with Gasteiger partial charge in [0.25, 0.3) is 0 Å². The van der Waals surface area contributed by atoms with E-state index in [1.165, 1.54) is 12.1 Å². The highest BCUT2D eigenvalue weighted by atomic mass is 16.7. The number of amides is 1. The second-order valence-electron chi connectivity index (χ2n) is 5.61. The van der Waals surface area contributed by atoms with Crippen LogP contribution in [-0.2, 0) is 16.2 Å². The molecule has 1 aromatic heterocycles. The van der Waals surface area contributed by atoms with Crippen LogP contribution in [0.25, 0.3) is 0 Å². The van der Waals surface area contributed by atoms with Crippen LogP contribution < -0.4 is 0 Å². The van der Waals surface area contributed by atoms with Gasteiger partial charge in [-0.2, -0.15) is 5.06 Å². The van der Waals surface area contributed by atoms with Gasteiger partial charge in [0.05, 0.1) is 12.6 Å². The number of carbonyl (C=O) groups excluding carboxylic acids is 1. The molecular weight excluding hydrogens is 254 g/mol. The van der Waals surface area contributed by atoms with Crippen LogP contribution in [0.15, 0.2) is 18.3 Å². The maximum atomic E-state index is 12.4. The Bertz CT molecular complexity index is 465.